The molecule has 0 aliphatic carbocycles. The summed E-state index contributed by atoms with van der Waals surface area (Å²) in [5.74, 6) is 0.787. The predicted octanol–water partition coefficient (Wildman–Crippen LogP) is 2.51. The number of pyridine rings is 1. The minimum absolute atomic E-state index is 0.253. The summed E-state index contributed by atoms with van der Waals surface area (Å²) in [5.41, 5.74) is 1.74. The highest BCUT2D eigenvalue weighted by Crippen LogP contribution is 2.31. The number of methoxy groups -OCH3 is 4. The van der Waals surface area contributed by atoms with Gasteiger partial charge in [0.25, 0.3) is 0 Å². The molecule has 0 atom stereocenters. The van der Waals surface area contributed by atoms with E-state index < -0.39 is 5.97 Å². The molecule has 0 saturated carbocycles. The summed E-state index contributed by atoms with van der Waals surface area (Å²) in [6, 6.07) is 9.08. The maximum Gasteiger partial charge on any atom is 0.340 e. The van der Waals surface area contributed by atoms with Gasteiger partial charge in [0.15, 0.2) is 0 Å². The Labute approximate surface area is 140 Å². The second kappa shape index (κ2) is 8.05. The summed E-state index contributed by atoms with van der Waals surface area (Å²) in [5, 5.41) is 3.17. The Hall–Kier alpha value is -2.96. The Balaban J connectivity index is 2.30. The SMILES string of the molecule is COC(=O)c1cc(OC)nc(OC)c1NCc1ccc(OC)cc1. The van der Waals surface area contributed by atoms with Gasteiger partial charge in [-0.3, -0.25) is 0 Å². The van der Waals surface area contributed by atoms with Gasteiger partial charge in [-0.15, -0.1) is 0 Å². The van der Waals surface area contributed by atoms with Crippen LogP contribution in [0.1, 0.15) is 15.9 Å². The zero-order valence-electron chi connectivity index (χ0n) is 14.1. The number of hydrogen-bond acceptors (Lipinski definition) is 7. The number of esters is 1. The molecule has 0 radical (unpaired) electrons. The summed E-state index contributed by atoms with van der Waals surface area (Å²) in [6.45, 7) is 0.471. The van der Waals surface area contributed by atoms with Gasteiger partial charge in [0, 0.05) is 12.6 Å². The molecule has 0 aliphatic heterocycles. The quantitative estimate of drug-likeness (QED) is 0.780. The van der Waals surface area contributed by atoms with Gasteiger partial charge in [0.1, 0.15) is 11.4 Å². The third-order valence-corrected chi connectivity index (χ3v) is 3.40. The van der Waals surface area contributed by atoms with Crippen LogP contribution in [0.25, 0.3) is 0 Å². The highest BCUT2D eigenvalue weighted by molar-refractivity contribution is 5.97. The molecule has 128 valence electrons. The van der Waals surface area contributed by atoms with Crippen LogP contribution in [0.4, 0.5) is 5.69 Å². The van der Waals surface area contributed by atoms with Gasteiger partial charge in [0.05, 0.1) is 34.0 Å². The number of ether oxygens (including phenoxy) is 4. The summed E-state index contributed by atoms with van der Waals surface area (Å²) in [7, 11) is 5.87. The number of nitrogens with zero attached hydrogens (tertiary/aromatic N) is 1. The molecule has 1 heterocycles. The first kappa shape index (κ1) is 17.4. The lowest BCUT2D eigenvalue weighted by Crippen LogP contribution is -2.11. The third-order valence-electron chi connectivity index (χ3n) is 3.40. The highest BCUT2D eigenvalue weighted by atomic mass is 16.5. The van der Waals surface area contributed by atoms with E-state index in [9.17, 15) is 4.79 Å². The molecular weight excluding hydrogens is 312 g/mol. The van der Waals surface area contributed by atoms with Crippen molar-refractivity contribution in [2.24, 2.45) is 0 Å². The Bertz CT molecular complexity index is 701. The number of carbonyl (C=O) groups excluding carboxylic acids is 1. The van der Waals surface area contributed by atoms with Crippen LogP contribution in [-0.2, 0) is 11.3 Å². The summed E-state index contributed by atoms with van der Waals surface area (Å²) in [4.78, 5) is 16.2. The lowest BCUT2D eigenvalue weighted by Gasteiger charge is -2.15. The molecular formula is C17H20N2O5. The van der Waals surface area contributed by atoms with Gasteiger partial charge in [0.2, 0.25) is 11.8 Å². The maximum atomic E-state index is 12.0. The summed E-state index contributed by atoms with van der Waals surface area (Å²) < 4.78 is 20.3. The second-order valence-electron chi connectivity index (χ2n) is 4.79. The predicted molar refractivity (Wildman–Crippen MR) is 89.0 cm³/mol. The minimum Gasteiger partial charge on any atom is -0.497 e. The molecule has 7 heteroatoms. The first-order valence-electron chi connectivity index (χ1n) is 7.21. The van der Waals surface area contributed by atoms with Gasteiger partial charge in [-0.25, -0.2) is 4.79 Å². The number of carbonyl (C=O) groups is 1. The van der Waals surface area contributed by atoms with Crippen molar-refractivity contribution < 1.29 is 23.7 Å². The van der Waals surface area contributed by atoms with E-state index in [2.05, 4.69) is 10.3 Å². The van der Waals surface area contributed by atoms with Gasteiger partial charge < -0.3 is 24.3 Å². The first-order valence-corrected chi connectivity index (χ1v) is 7.21. The summed E-state index contributed by atoms with van der Waals surface area (Å²) in [6.07, 6.45) is 0. The maximum absolute atomic E-state index is 12.0. The molecule has 0 saturated heterocycles. The van der Waals surface area contributed by atoms with Crippen molar-refractivity contribution in [3.05, 3.63) is 41.5 Å². The molecule has 0 bridgehead atoms. The zero-order chi connectivity index (χ0) is 17.5. The number of aromatic nitrogens is 1. The molecule has 0 aliphatic rings. The van der Waals surface area contributed by atoms with E-state index in [1.807, 2.05) is 24.3 Å². The van der Waals surface area contributed by atoms with Crippen molar-refractivity contribution in [2.75, 3.05) is 33.8 Å². The average Bonchev–Trinajstić information content (AvgIpc) is 2.65. The molecule has 2 aromatic rings. The van der Waals surface area contributed by atoms with Gasteiger partial charge in [-0.2, -0.15) is 4.98 Å². The Morgan fingerprint density at radius 1 is 1.04 bits per heavy atom. The first-order chi connectivity index (χ1) is 11.6. The van der Waals surface area contributed by atoms with E-state index in [0.717, 1.165) is 11.3 Å². The van der Waals surface area contributed by atoms with E-state index in [0.29, 0.717) is 12.2 Å². The third kappa shape index (κ3) is 3.87. The number of hydrogen-bond donors (Lipinski definition) is 1. The van der Waals surface area contributed by atoms with Crippen LogP contribution in [0.5, 0.6) is 17.5 Å². The molecule has 0 amide bonds. The Morgan fingerprint density at radius 3 is 2.29 bits per heavy atom. The molecule has 0 fully saturated rings. The number of anilines is 1. The molecule has 7 nitrogen and oxygen atoms in total. The standard InChI is InChI=1S/C17H20N2O5/c1-21-12-7-5-11(6-8-12)10-18-15-13(17(20)24-4)9-14(22-2)19-16(15)23-3/h5-9,18H,10H2,1-4H3. The average molecular weight is 332 g/mol. The molecule has 0 spiro atoms. The molecule has 1 aromatic heterocycles. The van der Waals surface area contributed by atoms with Gasteiger partial charge in [-0.05, 0) is 17.7 Å². The van der Waals surface area contributed by atoms with Crippen molar-refractivity contribution in [1.82, 2.24) is 4.98 Å². The Kier molecular flexibility index (Phi) is 5.83. The van der Waals surface area contributed by atoms with Crippen molar-refractivity contribution in [1.29, 1.82) is 0 Å². The topological polar surface area (TPSA) is 78.9 Å². The monoisotopic (exact) mass is 332 g/mol. The van der Waals surface area contributed by atoms with Crippen LogP contribution in [0, 0.1) is 0 Å². The smallest absolute Gasteiger partial charge is 0.340 e. The lowest BCUT2D eigenvalue weighted by molar-refractivity contribution is 0.0600. The molecule has 2 rings (SSSR count). The van der Waals surface area contributed by atoms with Crippen molar-refractivity contribution in [2.45, 2.75) is 6.54 Å². The highest BCUT2D eigenvalue weighted by Gasteiger charge is 2.20. The van der Waals surface area contributed by atoms with Crippen molar-refractivity contribution >= 4 is 11.7 Å². The van der Waals surface area contributed by atoms with E-state index >= 15 is 0 Å². The number of nitrogens with one attached hydrogen (secondary N) is 1. The van der Waals surface area contributed by atoms with Crippen LogP contribution in [-0.4, -0.2) is 39.4 Å². The molecule has 0 unspecified atom stereocenters. The minimum atomic E-state index is -0.508. The van der Waals surface area contributed by atoms with E-state index in [-0.39, 0.29) is 17.3 Å². The Morgan fingerprint density at radius 2 is 1.75 bits per heavy atom. The van der Waals surface area contributed by atoms with Gasteiger partial charge >= 0.3 is 5.97 Å². The largest absolute Gasteiger partial charge is 0.497 e. The zero-order valence-corrected chi connectivity index (χ0v) is 14.1. The molecule has 1 aromatic carbocycles. The van der Waals surface area contributed by atoms with Crippen molar-refractivity contribution in [3.63, 3.8) is 0 Å². The summed E-state index contributed by atoms with van der Waals surface area (Å²) >= 11 is 0. The lowest BCUT2D eigenvalue weighted by atomic mass is 10.2. The fraction of sp³-hybridized carbons (Fsp3) is 0.294. The van der Waals surface area contributed by atoms with Gasteiger partial charge in [-0.1, -0.05) is 12.1 Å². The molecule has 24 heavy (non-hydrogen) atoms. The van der Waals surface area contributed by atoms with Crippen LogP contribution < -0.4 is 19.5 Å². The second-order valence-corrected chi connectivity index (χ2v) is 4.79. The van der Waals surface area contributed by atoms with Crippen molar-refractivity contribution in [3.8, 4) is 17.5 Å². The van der Waals surface area contributed by atoms with Crippen LogP contribution in [0.15, 0.2) is 30.3 Å². The number of benzene rings is 1. The van der Waals surface area contributed by atoms with Crippen LogP contribution in [0.2, 0.25) is 0 Å². The number of rotatable bonds is 7. The normalized spacial score (nSPS) is 10.0. The van der Waals surface area contributed by atoms with Crippen LogP contribution in [0.3, 0.4) is 0 Å². The van der Waals surface area contributed by atoms with E-state index in [1.165, 1.54) is 27.4 Å². The van der Waals surface area contributed by atoms with E-state index in [4.69, 9.17) is 18.9 Å². The van der Waals surface area contributed by atoms with E-state index in [1.54, 1.807) is 7.11 Å². The fourth-order valence-electron chi connectivity index (χ4n) is 2.13. The fourth-order valence-corrected chi connectivity index (χ4v) is 2.13. The van der Waals surface area contributed by atoms with Crippen LogP contribution >= 0.6 is 0 Å². The molecule has 1 N–H and O–H groups in total.